The van der Waals surface area contributed by atoms with Gasteiger partial charge in [0.2, 0.25) is 0 Å². The van der Waals surface area contributed by atoms with Gasteiger partial charge in [0.15, 0.2) is 0 Å². The van der Waals surface area contributed by atoms with Crippen molar-refractivity contribution >= 4 is 17.3 Å². The minimum absolute atomic E-state index is 0.750. The van der Waals surface area contributed by atoms with Crippen molar-refractivity contribution in [1.29, 1.82) is 0 Å². The highest BCUT2D eigenvalue weighted by Gasteiger charge is 1.87. The molecule has 0 N–H and O–H groups in total. The minimum atomic E-state index is -0.750. The first-order valence-corrected chi connectivity index (χ1v) is 4.03. The van der Waals surface area contributed by atoms with Gasteiger partial charge in [0.1, 0.15) is 0 Å². The molecule has 0 heterocycles. The first-order valence-electron chi connectivity index (χ1n) is 3.36. The maximum Gasteiger partial charge on any atom is 0.335 e. The smallest absolute Gasteiger partial charge is 0.335 e. The number of rotatable bonds is 1. The Morgan fingerprint density at radius 2 is 1.50 bits per heavy atom. The van der Waals surface area contributed by atoms with E-state index in [1.165, 1.54) is 5.69 Å². The lowest BCUT2D eigenvalue weighted by Gasteiger charge is -2.10. The molecule has 0 bridgehead atoms. The molecule has 0 aliphatic heterocycles. The molecule has 0 saturated heterocycles. The summed E-state index contributed by atoms with van der Waals surface area (Å²) < 4.78 is 16.6. The summed E-state index contributed by atoms with van der Waals surface area (Å²) in [7, 11) is 4.07. The van der Waals surface area contributed by atoms with Gasteiger partial charge in [-0.15, -0.1) is 0 Å². The summed E-state index contributed by atoms with van der Waals surface area (Å²) in [4.78, 5) is 2.08. The SMILES string of the molecule is CN(C)c1ccccc1.O=S=O. The van der Waals surface area contributed by atoms with E-state index in [9.17, 15) is 0 Å². The molecular weight excluding hydrogens is 174 g/mol. The van der Waals surface area contributed by atoms with E-state index in [-0.39, 0.29) is 0 Å². The van der Waals surface area contributed by atoms with Crippen molar-refractivity contribution in [2.24, 2.45) is 0 Å². The van der Waals surface area contributed by atoms with Crippen molar-refractivity contribution in [2.75, 3.05) is 19.0 Å². The van der Waals surface area contributed by atoms with Gasteiger partial charge in [0, 0.05) is 19.8 Å². The van der Waals surface area contributed by atoms with Crippen LogP contribution in [-0.2, 0) is 11.6 Å². The molecule has 1 aromatic rings. The molecule has 12 heavy (non-hydrogen) atoms. The molecule has 0 aromatic heterocycles. The molecule has 0 amide bonds. The van der Waals surface area contributed by atoms with Crippen LogP contribution in [0.3, 0.4) is 0 Å². The molecule has 3 nitrogen and oxygen atoms in total. The van der Waals surface area contributed by atoms with E-state index in [4.69, 9.17) is 8.42 Å². The van der Waals surface area contributed by atoms with E-state index in [1.807, 2.05) is 32.3 Å². The zero-order valence-electron chi connectivity index (χ0n) is 7.06. The van der Waals surface area contributed by atoms with Gasteiger partial charge in [-0.1, -0.05) is 18.2 Å². The largest absolute Gasteiger partial charge is 0.378 e. The Hall–Kier alpha value is -1.16. The third-order valence-electron chi connectivity index (χ3n) is 1.27. The molecule has 0 spiro atoms. The molecule has 1 rings (SSSR count). The maximum atomic E-state index is 8.29. The molecule has 0 atom stereocenters. The van der Waals surface area contributed by atoms with Crippen LogP contribution in [0.15, 0.2) is 30.3 Å². The van der Waals surface area contributed by atoms with Gasteiger partial charge in [-0.2, -0.15) is 8.42 Å². The molecule has 4 heteroatoms. The quantitative estimate of drug-likeness (QED) is 0.657. The van der Waals surface area contributed by atoms with E-state index < -0.39 is 11.6 Å². The topological polar surface area (TPSA) is 37.4 Å². The Morgan fingerprint density at radius 1 is 1.08 bits per heavy atom. The number of anilines is 1. The highest BCUT2D eigenvalue weighted by Crippen LogP contribution is 2.07. The summed E-state index contributed by atoms with van der Waals surface area (Å²) in [5, 5.41) is 0. The lowest BCUT2D eigenvalue weighted by molar-refractivity contribution is 0.630. The second kappa shape index (κ2) is 6.54. The van der Waals surface area contributed by atoms with Gasteiger partial charge in [-0.3, -0.25) is 0 Å². The molecule has 0 radical (unpaired) electrons. The fraction of sp³-hybridized carbons (Fsp3) is 0.250. The molecule has 0 unspecified atom stereocenters. The van der Waals surface area contributed by atoms with E-state index >= 15 is 0 Å². The summed E-state index contributed by atoms with van der Waals surface area (Å²) in [5.41, 5.74) is 1.25. The van der Waals surface area contributed by atoms with E-state index in [1.54, 1.807) is 0 Å². The van der Waals surface area contributed by atoms with Crippen LogP contribution in [-0.4, -0.2) is 22.5 Å². The average molecular weight is 185 g/mol. The maximum absolute atomic E-state index is 8.29. The predicted octanol–water partition coefficient (Wildman–Crippen LogP) is 1.08. The standard InChI is InChI=1S/C8H11N.O2S/c1-9(2)8-6-4-3-5-7-8;1-3-2/h3-7H,1-2H3;. The molecule has 1 aromatic carbocycles. The van der Waals surface area contributed by atoms with Gasteiger partial charge in [0.25, 0.3) is 0 Å². The van der Waals surface area contributed by atoms with Crippen molar-refractivity contribution in [3.8, 4) is 0 Å². The van der Waals surface area contributed by atoms with Gasteiger partial charge >= 0.3 is 11.6 Å². The van der Waals surface area contributed by atoms with Crippen molar-refractivity contribution in [3.63, 3.8) is 0 Å². The fourth-order valence-electron chi connectivity index (χ4n) is 0.726. The van der Waals surface area contributed by atoms with Gasteiger partial charge in [-0.25, -0.2) is 0 Å². The number of benzene rings is 1. The third kappa shape index (κ3) is 4.62. The molecule has 0 fully saturated rings. The van der Waals surface area contributed by atoms with Crippen LogP contribution in [0.1, 0.15) is 0 Å². The Balaban J connectivity index is 0.000000354. The van der Waals surface area contributed by atoms with Crippen molar-refractivity contribution in [3.05, 3.63) is 30.3 Å². The lowest BCUT2D eigenvalue weighted by Crippen LogP contribution is -2.07. The van der Waals surface area contributed by atoms with Crippen LogP contribution in [0.4, 0.5) is 5.69 Å². The third-order valence-corrected chi connectivity index (χ3v) is 1.27. The Morgan fingerprint density at radius 3 is 1.75 bits per heavy atom. The number of hydrogen-bond donors (Lipinski definition) is 0. The van der Waals surface area contributed by atoms with Gasteiger partial charge in [-0.05, 0) is 12.1 Å². The molecular formula is C8H11NO2S. The zero-order valence-corrected chi connectivity index (χ0v) is 7.88. The number of hydrogen-bond acceptors (Lipinski definition) is 3. The molecule has 66 valence electrons. The highest BCUT2D eigenvalue weighted by molar-refractivity contribution is 7.51. The molecule has 0 aliphatic carbocycles. The summed E-state index contributed by atoms with van der Waals surface area (Å²) in [5.74, 6) is 0. The predicted molar refractivity (Wildman–Crippen MR) is 49.7 cm³/mol. The zero-order chi connectivity index (χ0) is 9.40. The van der Waals surface area contributed by atoms with E-state index in [2.05, 4.69) is 17.0 Å². The minimum Gasteiger partial charge on any atom is -0.378 e. The van der Waals surface area contributed by atoms with Crippen LogP contribution >= 0.6 is 0 Å². The summed E-state index contributed by atoms with van der Waals surface area (Å²) in [6.45, 7) is 0. The second-order valence-electron chi connectivity index (χ2n) is 2.30. The Bertz CT molecular complexity index is 242. The van der Waals surface area contributed by atoms with Crippen LogP contribution < -0.4 is 4.90 Å². The van der Waals surface area contributed by atoms with Gasteiger partial charge in [0.05, 0.1) is 0 Å². The highest BCUT2D eigenvalue weighted by atomic mass is 32.1. The monoisotopic (exact) mass is 185 g/mol. The van der Waals surface area contributed by atoms with Crippen molar-refractivity contribution < 1.29 is 8.42 Å². The van der Waals surface area contributed by atoms with E-state index in [0.29, 0.717) is 0 Å². The Kier molecular flexibility index (Phi) is 5.91. The molecule has 0 aliphatic rings. The first kappa shape index (κ1) is 10.8. The summed E-state index contributed by atoms with van der Waals surface area (Å²) >= 11 is -0.750. The Labute approximate surface area is 75.6 Å². The normalized spacial score (nSPS) is 7.83. The van der Waals surface area contributed by atoms with Crippen molar-refractivity contribution in [1.82, 2.24) is 0 Å². The van der Waals surface area contributed by atoms with Gasteiger partial charge < -0.3 is 4.90 Å². The first-order chi connectivity index (χ1) is 5.72. The summed E-state index contributed by atoms with van der Waals surface area (Å²) in [6, 6.07) is 10.3. The van der Waals surface area contributed by atoms with E-state index in [0.717, 1.165) is 0 Å². The average Bonchev–Trinajstić information content (AvgIpc) is 2.07. The van der Waals surface area contributed by atoms with Crippen molar-refractivity contribution in [2.45, 2.75) is 0 Å². The van der Waals surface area contributed by atoms with Crippen LogP contribution in [0.5, 0.6) is 0 Å². The van der Waals surface area contributed by atoms with Crippen LogP contribution in [0.2, 0.25) is 0 Å². The second-order valence-corrected chi connectivity index (χ2v) is 2.43. The lowest BCUT2D eigenvalue weighted by atomic mass is 10.3. The number of para-hydroxylation sites is 1. The molecule has 0 saturated carbocycles. The van der Waals surface area contributed by atoms with Crippen LogP contribution in [0.25, 0.3) is 0 Å². The van der Waals surface area contributed by atoms with Crippen LogP contribution in [0, 0.1) is 0 Å². The fourth-order valence-corrected chi connectivity index (χ4v) is 0.726. The summed E-state index contributed by atoms with van der Waals surface area (Å²) in [6.07, 6.45) is 0. The number of nitrogens with zero attached hydrogens (tertiary/aromatic N) is 1.